The summed E-state index contributed by atoms with van der Waals surface area (Å²) < 4.78 is 0. The van der Waals surface area contributed by atoms with E-state index in [1.165, 1.54) is 0 Å². The van der Waals surface area contributed by atoms with Crippen molar-refractivity contribution in [1.82, 2.24) is 5.32 Å². The molecule has 1 aromatic rings. The van der Waals surface area contributed by atoms with Crippen molar-refractivity contribution in [3.05, 3.63) is 29.8 Å². The normalized spacial score (nSPS) is 18.9. The summed E-state index contributed by atoms with van der Waals surface area (Å²) >= 11 is 0. The Morgan fingerprint density at radius 2 is 2.41 bits per heavy atom. The first-order chi connectivity index (χ1) is 8.24. The second-order valence-electron chi connectivity index (χ2n) is 4.00. The standard InChI is InChI=1S/C12H14N4O/c13-5-4-10-8-16(12(17)15-10)11-3-1-2-9(6-11)7-14/h1-3,6,10H,4-5,8,13H2,(H,15,17). The highest BCUT2D eigenvalue weighted by molar-refractivity contribution is 5.94. The zero-order valence-electron chi connectivity index (χ0n) is 9.39. The SMILES string of the molecule is N#Cc1cccc(N2CC(CCN)NC2=O)c1. The monoisotopic (exact) mass is 230 g/mol. The number of rotatable bonds is 3. The van der Waals surface area contributed by atoms with Crippen LogP contribution in [0.15, 0.2) is 24.3 Å². The molecule has 1 unspecified atom stereocenters. The van der Waals surface area contributed by atoms with Crippen LogP contribution in [0.25, 0.3) is 0 Å². The molecule has 0 radical (unpaired) electrons. The summed E-state index contributed by atoms with van der Waals surface area (Å²) in [6.07, 6.45) is 0.764. The van der Waals surface area contributed by atoms with Crippen molar-refractivity contribution < 1.29 is 4.79 Å². The van der Waals surface area contributed by atoms with Crippen LogP contribution >= 0.6 is 0 Å². The van der Waals surface area contributed by atoms with Gasteiger partial charge in [0.05, 0.1) is 11.6 Å². The number of carbonyl (C=O) groups excluding carboxylic acids is 1. The molecule has 5 nitrogen and oxygen atoms in total. The van der Waals surface area contributed by atoms with E-state index in [-0.39, 0.29) is 12.1 Å². The van der Waals surface area contributed by atoms with E-state index in [1.54, 1.807) is 23.1 Å². The Morgan fingerprint density at radius 1 is 1.59 bits per heavy atom. The van der Waals surface area contributed by atoms with Crippen molar-refractivity contribution in [2.24, 2.45) is 5.73 Å². The first-order valence-electron chi connectivity index (χ1n) is 5.53. The van der Waals surface area contributed by atoms with Gasteiger partial charge >= 0.3 is 6.03 Å². The largest absolute Gasteiger partial charge is 0.333 e. The fourth-order valence-corrected chi connectivity index (χ4v) is 1.93. The predicted molar refractivity (Wildman–Crippen MR) is 64.5 cm³/mol. The molecule has 1 atom stereocenters. The number of urea groups is 1. The van der Waals surface area contributed by atoms with E-state index < -0.39 is 0 Å². The first-order valence-corrected chi connectivity index (χ1v) is 5.53. The molecule has 0 bridgehead atoms. The second kappa shape index (κ2) is 4.85. The molecular formula is C12H14N4O. The number of nitriles is 1. The summed E-state index contributed by atoms with van der Waals surface area (Å²) in [4.78, 5) is 13.4. The quantitative estimate of drug-likeness (QED) is 0.806. The number of amides is 2. The minimum atomic E-state index is -0.126. The van der Waals surface area contributed by atoms with Crippen LogP contribution in [0.4, 0.5) is 10.5 Å². The zero-order chi connectivity index (χ0) is 12.3. The van der Waals surface area contributed by atoms with Gasteiger partial charge in [0.15, 0.2) is 0 Å². The van der Waals surface area contributed by atoms with E-state index >= 15 is 0 Å². The Balaban J connectivity index is 2.17. The molecule has 17 heavy (non-hydrogen) atoms. The molecule has 88 valence electrons. The third-order valence-electron chi connectivity index (χ3n) is 2.78. The minimum Gasteiger partial charge on any atom is -0.333 e. The summed E-state index contributed by atoms with van der Waals surface area (Å²) in [6, 6.07) is 9.06. The van der Waals surface area contributed by atoms with Crippen molar-refractivity contribution in [2.75, 3.05) is 18.0 Å². The molecule has 0 aliphatic carbocycles. The Labute approximate surface area is 99.8 Å². The third kappa shape index (κ3) is 2.37. The smallest absolute Gasteiger partial charge is 0.322 e. The zero-order valence-corrected chi connectivity index (χ0v) is 9.39. The Morgan fingerprint density at radius 3 is 3.12 bits per heavy atom. The molecule has 5 heteroatoms. The second-order valence-corrected chi connectivity index (χ2v) is 4.00. The molecule has 2 rings (SSSR count). The molecule has 1 aliphatic rings. The third-order valence-corrected chi connectivity index (χ3v) is 2.78. The Kier molecular flexibility index (Phi) is 3.26. The molecule has 1 aliphatic heterocycles. The highest BCUT2D eigenvalue weighted by atomic mass is 16.2. The van der Waals surface area contributed by atoms with Crippen LogP contribution in [0.5, 0.6) is 0 Å². The van der Waals surface area contributed by atoms with Crippen LogP contribution in [-0.4, -0.2) is 25.2 Å². The summed E-state index contributed by atoms with van der Waals surface area (Å²) in [5.74, 6) is 0. The van der Waals surface area contributed by atoms with Gasteiger partial charge in [-0.2, -0.15) is 5.26 Å². The Hall–Kier alpha value is -2.06. The van der Waals surface area contributed by atoms with E-state index in [9.17, 15) is 4.79 Å². The lowest BCUT2D eigenvalue weighted by atomic mass is 10.2. The summed E-state index contributed by atoms with van der Waals surface area (Å²) in [5, 5.41) is 11.7. The number of nitrogens with one attached hydrogen (secondary N) is 1. The average Bonchev–Trinajstić information content (AvgIpc) is 2.71. The lowest BCUT2D eigenvalue weighted by Crippen LogP contribution is -2.29. The molecule has 1 saturated heterocycles. The van der Waals surface area contributed by atoms with Gasteiger partial charge in [0, 0.05) is 18.3 Å². The van der Waals surface area contributed by atoms with E-state index in [1.807, 2.05) is 6.07 Å². The van der Waals surface area contributed by atoms with Crippen molar-refractivity contribution in [2.45, 2.75) is 12.5 Å². The molecule has 1 fully saturated rings. The lowest BCUT2D eigenvalue weighted by molar-refractivity contribution is 0.250. The van der Waals surface area contributed by atoms with Crippen molar-refractivity contribution in [3.63, 3.8) is 0 Å². The van der Waals surface area contributed by atoms with Crippen LogP contribution < -0.4 is 16.0 Å². The summed E-state index contributed by atoms with van der Waals surface area (Å²) in [7, 11) is 0. The van der Waals surface area contributed by atoms with Gasteiger partial charge in [0.2, 0.25) is 0 Å². The highest BCUT2D eigenvalue weighted by Crippen LogP contribution is 2.20. The average molecular weight is 230 g/mol. The number of carbonyl (C=O) groups is 1. The van der Waals surface area contributed by atoms with Crippen molar-refractivity contribution >= 4 is 11.7 Å². The number of benzene rings is 1. The van der Waals surface area contributed by atoms with Gasteiger partial charge < -0.3 is 11.1 Å². The van der Waals surface area contributed by atoms with Crippen molar-refractivity contribution in [3.8, 4) is 6.07 Å². The maximum Gasteiger partial charge on any atom is 0.322 e. The first kappa shape index (κ1) is 11.4. The van der Waals surface area contributed by atoms with E-state index in [0.29, 0.717) is 18.7 Å². The molecular weight excluding hydrogens is 216 g/mol. The van der Waals surface area contributed by atoms with Gasteiger partial charge in [-0.15, -0.1) is 0 Å². The van der Waals surface area contributed by atoms with Gasteiger partial charge in [0.1, 0.15) is 0 Å². The van der Waals surface area contributed by atoms with E-state index in [0.717, 1.165) is 12.1 Å². The van der Waals surface area contributed by atoms with Crippen LogP contribution in [0, 0.1) is 11.3 Å². The minimum absolute atomic E-state index is 0.0956. The van der Waals surface area contributed by atoms with Gasteiger partial charge in [-0.05, 0) is 31.2 Å². The number of anilines is 1. The Bertz CT molecular complexity index is 466. The van der Waals surface area contributed by atoms with Gasteiger partial charge in [-0.3, -0.25) is 4.90 Å². The fourth-order valence-electron chi connectivity index (χ4n) is 1.93. The molecule has 0 saturated carbocycles. The van der Waals surface area contributed by atoms with Crippen LogP contribution in [-0.2, 0) is 0 Å². The molecule has 0 spiro atoms. The van der Waals surface area contributed by atoms with Crippen molar-refractivity contribution in [1.29, 1.82) is 5.26 Å². The molecule has 3 N–H and O–H groups in total. The van der Waals surface area contributed by atoms with E-state index in [2.05, 4.69) is 11.4 Å². The number of hydrogen-bond acceptors (Lipinski definition) is 3. The maximum absolute atomic E-state index is 11.8. The van der Waals surface area contributed by atoms with Gasteiger partial charge in [0.25, 0.3) is 0 Å². The summed E-state index contributed by atoms with van der Waals surface area (Å²) in [6.45, 7) is 1.15. The fraction of sp³-hybridized carbons (Fsp3) is 0.333. The molecule has 2 amide bonds. The number of nitrogens with zero attached hydrogens (tertiary/aromatic N) is 2. The van der Waals surface area contributed by atoms with Crippen LogP contribution in [0.1, 0.15) is 12.0 Å². The maximum atomic E-state index is 11.8. The summed E-state index contributed by atoms with van der Waals surface area (Å²) in [5.41, 5.74) is 6.77. The molecule has 1 aromatic carbocycles. The van der Waals surface area contributed by atoms with Gasteiger partial charge in [-0.1, -0.05) is 6.07 Å². The molecule has 1 heterocycles. The number of nitrogens with two attached hydrogens (primary N) is 1. The van der Waals surface area contributed by atoms with E-state index in [4.69, 9.17) is 11.0 Å². The molecule has 0 aromatic heterocycles. The topological polar surface area (TPSA) is 82.2 Å². The predicted octanol–water partition coefficient (Wildman–Crippen LogP) is 0.805. The lowest BCUT2D eigenvalue weighted by Gasteiger charge is -2.14. The van der Waals surface area contributed by atoms with Gasteiger partial charge in [-0.25, -0.2) is 4.79 Å². The highest BCUT2D eigenvalue weighted by Gasteiger charge is 2.29. The number of hydrogen-bond donors (Lipinski definition) is 2. The van der Waals surface area contributed by atoms with Crippen LogP contribution in [0.3, 0.4) is 0 Å². The van der Waals surface area contributed by atoms with Crippen LogP contribution in [0.2, 0.25) is 0 Å².